The van der Waals surface area contributed by atoms with Crippen molar-refractivity contribution in [1.82, 2.24) is 29.4 Å². The Balaban J connectivity index is 1.90. The average Bonchev–Trinajstić information content (AvgIpc) is 3.09. The molecule has 0 amide bonds. The highest BCUT2D eigenvalue weighted by Gasteiger charge is 2.20. The molecular weight excluding hydrogens is 375 g/mol. The van der Waals surface area contributed by atoms with Gasteiger partial charge in [-0.1, -0.05) is 31.9 Å². The molecule has 4 rings (SSSR count). The fourth-order valence-corrected chi connectivity index (χ4v) is 3.34. The van der Waals surface area contributed by atoms with Crippen molar-refractivity contribution >= 4 is 16.8 Å². The quantitative estimate of drug-likeness (QED) is 0.446. The third kappa shape index (κ3) is 3.49. The summed E-state index contributed by atoms with van der Waals surface area (Å²) in [5.41, 5.74) is 2.70. The van der Waals surface area contributed by atoms with E-state index in [1.807, 2.05) is 0 Å². The second-order valence-corrected chi connectivity index (χ2v) is 6.82. The van der Waals surface area contributed by atoms with Crippen molar-refractivity contribution < 1.29 is 9.13 Å². The van der Waals surface area contributed by atoms with Gasteiger partial charge in [-0.25, -0.2) is 9.37 Å². The average molecular weight is 396 g/mol. The minimum absolute atomic E-state index is 0.161. The lowest BCUT2D eigenvalue weighted by Crippen LogP contribution is -2.23. The molecule has 0 unspecified atom stereocenters. The molecule has 3 heterocycles. The van der Waals surface area contributed by atoms with E-state index < -0.39 is 0 Å². The Labute approximate surface area is 166 Å². The minimum Gasteiger partial charge on any atom is -0.378 e. The van der Waals surface area contributed by atoms with Gasteiger partial charge in [-0.15, -0.1) is 10.2 Å². The van der Waals surface area contributed by atoms with Crippen LogP contribution in [0.4, 0.5) is 4.39 Å². The highest BCUT2D eigenvalue weighted by Crippen LogP contribution is 2.28. The van der Waals surface area contributed by atoms with Gasteiger partial charge in [0.05, 0.1) is 17.9 Å². The summed E-state index contributed by atoms with van der Waals surface area (Å²) in [6.45, 7) is 2.92. The van der Waals surface area contributed by atoms with Crippen LogP contribution >= 0.6 is 0 Å². The first-order chi connectivity index (χ1) is 14.1. The number of benzene rings is 1. The van der Waals surface area contributed by atoms with E-state index in [0.717, 1.165) is 24.8 Å². The number of ether oxygens (including phenoxy) is 1. The molecule has 4 aromatic rings. The van der Waals surface area contributed by atoms with Crippen LogP contribution in [0.25, 0.3) is 27.9 Å². The van der Waals surface area contributed by atoms with E-state index in [1.54, 1.807) is 23.8 Å². The Morgan fingerprint density at radius 3 is 2.62 bits per heavy atom. The van der Waals surface area contributed by atoms with Gasteiger partial charge in [0.2, 0.25) is 0 Å². The summed E-state index contributed by atoms with van der Waals surface area (Å²) in [6.07, 6.45) is 4.53. The number of hydrogen-bond donors (Lipinski definition) is 0. The summed E-state index contributed by atoms with van der Waals surface area (Å²) in [5.74, 6) is -0.333. The lowest BCUT2D eigenvalue weighted by Gasteiger charge is -2.06. The van der Waals surface area contributed by atoms with Crippen LogP contribution in [-0.4, -0.2) is 36.5 Å². The van der Waals surface area contributed by atoms with Crippen molar-refractivity contribution in [1.29, 1.82) is 0 Å². The number of aryl methyl sites for hydroxylation is 1. The van der Waals surface area contributed by atoms with E-state index in [9.17, 15) is 9.18 Å². The van der Waals surface area contributed by atoms with E-state index in [-0.39, 0.29) is 23.5 Å². The molecule has 0 aliphatic carbocycles. The van der Waals surface area contributed by atoms with E-state index in [0.29, 0.717) is 29.1 Å². The number of nitrogens with zero attached hydrogens (tertiary/aromatic N) is 6. The van der Waals surface area contributed by atoms with Gasteiger partial charge < -0.3 is 4.74 Å². The number of fused-ring (bicyclic) bond motifs is 3. The highest BCUT2D eigenvalue weighted by molar-refractivity contribution is 5.83. The third-order valence-electron chi connectivity index (χ3n) is 4.79. The Bertz CT molecular complexity index is 1220. The fraction of sp³-hybridized carbons (Fsp3) is 0.350. The fourth-order valence-electron chi connectivity index (χ4n) is 3.34. The van der Waals surface area contributed by atoms with Crippen LogP contribution in [0.3, 0.4) is 0 Å². The molecular formula is C20H21FN6O2. The van der Waals surface area contributed by atoms with Crippen molar-refractivity contribution in [2.45, 2.75) is 39.3 Å². The second kappa shape index (κ2) is 8.04. The topological polar surface area (TPSA) is 87.2 Å². The van der Waals surface area contributed by atoms with Crippen molar-refractivity contribution in [2.75, 3.05) is 7.11 Å². The van der Waals surface area contributed by atoms with Crippen molar-refractivity contribution in [3.05, 3.63) is 52.5 Å². The van der Waals surface area contributed by atoms with E-state index >= 15 is 0 Å². The van der Waals surface area contributed by atoms with E-state index in [4.69, 9.17) is 4.74 Å². The standard InChI is InChI=1S/C20H21FN6O2/c1-3-4-5-10-26-12-22-19-17(20(26)28)23-24-18-16(13-6-8-14(21)9-7-13)15(11-29-2)25-27(18)19/h6-9,12H,3-5,10-11H2,1-2H3. The smallest absolute Gasteiger partial charge is 0.283 e. The van der Waals surface area contributed by atoms with Crippen LogP contribution in [0.2, 0.25) is 0 Å². The van der Waals surface area contributed by atoms with Gasteiger partial charge in [-0.2, -0.15) is 9.61 Å². The van der Waals surface area contributed by atoms with Gasteiger partial charge >= 0.3 is 0 Å². The Kier molecular flexibility index (Phi) is 5.30. The Hall–Kier alpha value is -3.20. The van der Waals surface area contributed by atoms with Gasteiger partial charge in [-0.05, 0) is 24.1 Å². The van der Waals surface area contributed by atoms with Crippen LogP contribution in [0.5, 0.6) is 0 Å². The first kappa shape index (κ1) is 19.1. The van der Waals surface area contributed by atoms with E-state index in [1.165, 1.54) is 23.0 Å². The van der Waals surface area contributed by atoms with Gasteiger partial charge in [0.25, 0.3) is 5.56 Å². The molecule has 0 saturated carbocycles. The van der Waals surface area contributed by atoms with Crippen LogP contribution < -0.4 is 5.56 Å². The number of methoxy groups -OCH3 is 1. The number of halogens is 1. The zero-order chi connectivity index (χ0) is 20.4. The molecule has 150 valence electrons. The monoisotopic (exact) mass is 396 g/mol. The van der Waals surface area contributed by atoms with Gasteiger partial charge in [0, 0.05) is 13.7 Å². The minimum atomic E-state index is -0.333. The maximum Gasteiger partial charge on any atom is 0.283 e. The van der Waals surface area contributed by atoms with Gasteiger partial charge in [-0.3, -0.25) is 9.36 Å². The molecule has 0 atom stereocenters. The molecule has 0 radical (unpaired) electrons. The lowest BCUT2D eigenvalue weighted by molar-refractivity contribution is 0.181. The normalized spacial score (nSPS) is 11.6. The molecule has 8 nitrogen and oxygen atoms in total. The van der Waals surface area contributed by atoms with Crippen LogP contribution in [0, 0.1) is 5.82 Å². The first-order valence-corrected chi connectivity index (χ1v) is 9.52. The van der Waals surface area contributed by atoms with Gasteiger partial charge in [0.15, 0.2) is 16.8 Å². The molecule has 29 heavy (non-hydrogen) atoms. The first-order valence-electron chi connectivity index (χ1n) is 9.52. The molecule has 0 fully saturated rings. The molecule has 0 bridgehead atoms. The summed E-state index contributed by atoms with van der Waals surface area (Å²) in [4.78, 5) is 17.2. The molecule has 9 heteroatoms. The number of hydrogen-bond acceptors (Lipinski definition) is 6. The SMILES string of the molecule is CCCCCn1cnc2c(nnc3c(-c4ccc(F)cc4)c(COC)nn32)c1=O. The molecule has 0 spiro atoms. The predicted molar refractivity (Wildman–Crippen MR) is 106 cm³/mol. The molecule has 0 aliphatic heterocycles. The Morgan fingerprint density at radius 2 is 1.90 bits per heavy atom. The molecule has 0 aliphatic rings. The van der Waals surface area contributed by atoms with Crippen molar-refractivity contribution in [2.24, 2.45) is 0 Å². The maximum absolute atomic E-state index is 13.4. The summed E-state index contributed by atoms with van der Waals surface area (Å²) in [7, 11) is 1.56. The third-order valence-corrected chi connectivity index (χ3v) is 4.79. The molecule has 1 aromatic carbocycles. The number of rotatable bonds is 7. The van der Waals surface area contributed by atoms with Crippen LogP contribution in [-0.2, 0) is 17.9 Å². The lowest BCUT2D eigenvalue weighted by atomic mass is 10.1. The summed E-state index contributed by atoms with van der Waals surface area (Å²) in [5, 5.41) is 13.0. The maximum atomic E-state index is 13.4. The zero-order valence-electron chi connectivity index (χ0n) is 16.3. The highest BCUT2D eigenvalue weighted by atomic mass is 19.1. The molecule has 3 aromatic heterocycles. The van der Waals surface area contributed by atoms with Crippen LogP contribution in [0.15, 0.2) is 35.4 Å². The van der Waals surface area contributed by atoms with Gasteiger partial charge in [0.1, 0.15) is 12.1 Å². The zero-order valence-corrected chi connectivity index (χ0v) is 16.3. The summed E-state index contributed by atoms with van der Waals surface area (Å²) < 4.78 is 21.7. The Morgan fingerprint density at radius 1 is 1.10 bits per heavy atom. The number of unbranched alkanes of at least 4 members (excludes halogenated alkanes) is 2. The van der Waals surface area contributed by atoms with Crippen molar-refractivity contribution in [3.8, 4) is 11.1 Å². The molecule has 0 N–H and O–H groups in total. The largest absolute Gasteiger partial charge is 0.378 e. The summed E-state index contributed by atoms with van der Waals surface area (Å²) in [6, 6.07) is 6.04. The predicted octanol–water partition coefficient (Wildman–Crippen LogP) is 2.98. The van der Waals surface area contributed by atoms with E-state index in [2.05, 4.69) is 27.2 Å². The second-order valence-electron chi connectivity index (χ2n) is 6.82. The van der Waals surface area contributed by atoms with Crippen molar-refractivity contribution in [3.63, 3.8) is 0 Å². The number of aromatic nitrogens is 6. The molecule has 0 saturated heterocycles. The van der Waals surface area contributed by atoms with Crippen LogP contribution in [0.1, 0.15) is 31.9 Å². The summed E-state index contributed by atoms with van der Waals surface area (Å²) >= 11 is 0.